The van der Waals surface area contributed by atoms with Crippen LogP contribution in [0.5, 0.6) is 17.2 Å². The lowest BCUT2D eigenvalue weighted by Crippen LogP contribution is -2.34. The largest absolute Gasteiger partial charge is 0.495 e. The van der Waals surface area contributed by atoms with Gasteiger partial charge in [-0.1, -0.05) is 0 Å². The maximum Gasteiger partial charge on any atom is 0.345 e. The molecule has 1 atom stereocenters. The number of carboxylic acid groups (broad SMARTS) is 1. The van der Waals surface area contributed by atoms with Crippen molar-refractivity contribution in [3.63, 3.8) is 0 Å². The molecule has 0 aliphatic carbocycles. The molecule has 1 aromatic carbocycles. The van der Waals surface area contributed by atoms with Crippen LogP contribution in [0.3, 0.4) is 0 Å². The van der Waals surface area contributed by atoms with Crippen molar-refractivity contribution in [2.75, 3.05) is 14.2 Å². The monoisotopic (exact) mass is 292 g/mol. The summed E-state index contributed by atoms with van der Waals surface area (Å²) in [4.78, 5) is 23.4. The minimum absolute atomic E-state index is 0.0421. The highest BCUT2D eigenvalue weighted by Crippen LogP contribution is 2.48. The number of furan rings is 1. The molecule has 21 heavy (non-hydrogen) atoms. The van der Waals surface area contributed by atoms with E-state index in [1.807, 2.05) is 0 Å². The number of ketones is 1. The first kappa shape index (κ1) is 13.3. The van der Waals surface area contributed by atoms with Crippen LogP contribution in [-0.2, 0) is 4.79 Å². The van der Waals surface area contributed by atoms with Gasteiger partial charge in [-0.05, 0) is 6.07 Å². The summed E-state index contributed by atoms with van der Waals surface area (Å²) in [5, 5.41) is 9.64. The third-order valence-corrected chi connectivity index (χ3v) is 3.37. The standard InChI is InChI=1S/C14H12O7/c1-18-10-6-3-4-20-11(6)13(19-2)12-9(10)7(15)5-8(21-12)14(16)17/h3-4,8H,5H2,1-2H3,(H,16,17)/t8-/m1/s1. The molecule has 1 aliphatic rings. The van der Waals surface area contributed by atoms with Crippen molar-refractivity contribution in [1.82, 2.24) is 0 Å². The molecule has 0 saturated heterocycles. The molecule has 1 N–H and O–H groups in total. The number of rotatable bonds is 3. The van der Waals surface area contributed by atoms with Crippen molar-refractivity contribution in [1.29, 1.82) is 0 Å². The van der Waals surface area contributed by atoms with Gasteiger partial charge in [0.05, 0.1) is 32.3 Å². The molecule has 0 spiro atoms. The molecule has 7 heteroatoms. The molecular weight excluding hydrogens is 280 g/mol. The quantitative estimate of drug-likeness (QED) is 0.922. The zero-order valence-corrected chi connectivity index (χ0v) is 11.3. The zero-order valence-electron chi connectivity index (χ0n) is 11.3. The fourth-order valence-electron chi connectivity index (χ4n) is 2.47. The maximum atomic E-state index is 12.3. The highest BCUT2D eigenvalue weighted by atomic mass is 16.5. The van der Waals surface area contributed by atoms with E-state index in [0.717, 1.165) is 0 Å². The third-order valence-electron chi connectivity index (χ3n) is 3.37. The second-order valence-electron chi connectivity index (χ2n) is 4.51. The number of benzene rings is 1. The van der Waals surface area contributed by atoms with Crippen molar-refractivity contribution in [2.24, 2.45) is 0 Å². The summed E-state index contributed by atoms with van der Waals surface area (Å²) in [5.41, 5.74) is 0.521. The molecular formula is C14H12O7. The average Bonchev–Trinajstić information content (AvgIpc) is 2.93. The number of methoxy groups -OCH3 is 2. The highest BCUT2D eigenvalue weighted by Gasteiger charge is 2.38. The van der Waals surface area contributed by atoms with E-state index in [-0.39, 0.29) is 29.3 Å². The summed E-state index contributed by atoms with van der Waals surface area (Å²) in [6.07, 6.45) is -0.0815. The van der Waals surface area contributed by atoms with Crippen LogP contribution >= 0.6 is 0 Å². The molecule has 1 aliphatic heterocycles. The molecule has 7 nitrogen and oxygen atoms in total. The minimum Gasteiger partial charge on any atom is -0.495 e. The first-order valence-electron chi connectivity index (χ1n) is 6.16. The van der Waals surface area contributed by atoms with E-state index < -0.39 is 12.1 Å². The van der Waals surface area contributed by atoms with Crippen molar-refractivity contribution >= 4 is 22.7 Å². The Morgan fingerprint density at radius 1 is 1.33 bits per heavy atom. The third kappa shape index (κ3) is 1.81. The van der Waals surface area contributed by atoms with E-state index in [4.69, 9.17) is 23.7 Å². The minimum atomic E-state index is -1.25. The molecule has 0 radical (unpaired) electrons. The van der Waals surface area contributed by atoms with Gasteiger partial charge in [0.15, 0.2) is 17.1 Å². The summed E-state index contributed by atoms with van der Waals surface area (Å²) in [5.74, 6) is -1.06. The molecule has 2 heterocycles. The summed E-state index contributed by atoms with van der Waals surface area (Å²) < 4.78 is 21.3. The van der Waals surface area contributed by atoms with Gasteiger partial charge in [0.1, 0.15) is 11.3 Å². The van der Waals surface area contributed by atoms with E-state index in [1.165, 1.54) is 20.5 Å². The Morgan fingerprint density at radius 2 is 2.05 bits per heavy atom. The predicted octanol–water partition coefficient (Wildman–Crippen LogP) is 1.87. The van der Waals surface area contributed by atoms with Crippen molar-refractivity contribution in [2.45, 2.75) is 12.5 Å². The smallest absolute Gasteiger partial charge is 0.345 e. The number of Topliss-reactive ketones (excluding diaryl/α,β-unsaturated/α-hetero) is 1. The lowest BCUT2D eigenvalue weighted by atomic mass is 9.97. The van der Waals surface area contributed by atoms with E-state index in [9.17, 15) is 9.59 Å². The predicted molar refractivity (Wildman–Crippen MR) is 70.3 cm³/mol. The summed E-state index contributed by atoms with van der Waals surface area (Å²) in [6.45, 7) is 0. The number of carbonyl (C=O) groups excluding carboxylic acids is 1. The second kappa shape index (κ2) is 4.69. The van der Waals surface area contributed by atoms with Crippen molar-refractivity contribution in [3.05, 3.63) is 17.9 Å². The van der Waals surface area contributed by atoms with Gasteiger partial charge in [-0.15, -0.1) is 0 Å². The highest BCUT2D eigenvalue weighted by molar-refractivity contribution is 6.11. The van der Waals surface area contributed by atoms with E-state index in [1.54, 1.807) is 6.07 Å². The van der Waals surface area contributed by atoms with Crippen LogP contribution in [0.4, 0.5) is 0 Å². The number of fused-ring (bicyclic) bond motifs is 2. The van der Waals surface area contributed by atoms with Gasteiger partial charge < -0.3 is 23.7 Å². The van der Waals surface area contributed by atoms with Crippen LogP contribution < -0.4 is 14.2 Å². The topological polar surface area (TPSA) is 95.2 Å². The van der Waals surface area contributed by atoms with Crippen LogP contribution in [0, 0.1) is 0 Å². The van der Waals surface area contributed by atoms with E-state index in [0.29, 0.717) is 16.7 Å². The van der Waals surface area contributed by atoms with E-state index >= 15 is 0 Å². The van der Waals surface area contributed by atoms with Crippen LogP contribution in [0.15, 0.2) is 16.7 Å². The van der Waals surface area contributed by atoms with Gasteiger partial charge in [0, 0.05) is 0 Å². The Hall–Kier alpha value is -2.70. The Morgan fingerprint density at radius 3 is 2.67 bits per heavy atom. The Kier molecular flexibility index (Phi) is 2.97. The molecule has 0 unspecified atom stereocenters. The molecule has 0 fully saturated rings. The summed E-state index contributed by atoms with van der Waals surface area (Å²) in [7, 11) is 2.81. The first-order chi connectivity index (χ1) is 10.1. The molecule has 2 aromatic rings. The van der Waals surface area contributed by atoms with Gasteiger partial charge in [-0.2, -0.15) is 0 Å². The van der Waals surface area contributed by atoms with Gasteiger partial charge in [-0.3, -0.25) is 4.79 Å². The van der Waals surface area contributed by atoms with Crippen LogP contribution in [-0.4, -0.2) is 37.2 Å². The number of ether oxygens (including phenoxy) is 3. The second-order valence-corrected chi connectivity index (χ2v) is 4.51. The SMILES string of the molecule is COc1c2c(c(OC)c3occc13)O[C@@H](C(=O)O)CC2=O. The molecule has 0 saturated carbocycles. The van der Waals surface area contributed by atoms with Crippen LogP contribution in [0.1, 0.15) is 16.8 Å². The Bertz CT molecular complexity index is 743. The van der Waals surface area contributed by atoms with Crippen LogP contribution in [0.25, 0.3) is 11.0 Å². The van der Waals surface area contributed by atoms with Crippen LogP contribution in [0.2, 0.25) is 0 Å². The maximum absolute atomic E-state index is 12.3. The molecule has 110 valence electrons. The molecule has 1 aromatic heterocycles. The summed E-state index contributed by atoms with van der Waals surface area (Å²) in [6, 6.07) is 1.65. The number of aliphatic carboxylic acids is 1. The van der Waals surface area contributed by atoms with Crippen molar-refractivity contribution in [3.8, 4) is 17.2 Å². The molecule has 3 rings (SSSR count). The average molecular weight is 292 g/mol. The normalized spacial score (nSPS) is 17.2. The number of carboxylic acids is 1. The molecule has 0 bridgehead atoms. The number of carbonyl (C=O) groups is 2. The fraction of sp³-hybridized carbons (Fsp3) is 0.286. The lowest BCUT2D eigenvalue weighted by molar-refractivity contribution is -0.145. The lowest BCUT2D eigenvalue weighted by Gasteiger charge is -2.25. The number of hydrogen-bond donors (Lipinski definition) is 1. The fourth-order valence-corrected chi connectivity index (χ4v) is 2.47. The van der Waals surface area contributed by atoms with Gasteiger partial charge in [0.25, 0.3) is 0 Å². The Labute approximate surface area is 119 Å². The zero-order chi connectivity index (χ0) is 15.1. The Balaban J connectivity index is 2.34. The van der Waals surface area contributed by atoms with Gasteiger partial charge in [-0.25, -0.2) is 4.79 Å². The van der Waals surface area contributed by atoms with Crippen molar-refractivity contribution < 1.29 is 33.3 Å². The number of hydrogen-bond acceptors (Lipinski definition) is 6. The summed E-state index contributed by atoms with van der Waals surface area (Å²) >= 11 is 0. The molecule has 0 amide bonds. The van der Waals surface area contributed by atoms with Gasteiger partial charge >= 0.3 is 5.97 Å². The first-order valence-corrected chi connectivity index (χ1v) is 6.16. The van der Waals surface area contributed by atoms with E-state index in [2.05, 4.69) is 0 Å². The van der Waals surface area contributed by atoms with Gasteiger partial charge in [0.2, 0.25) is 11.9 Å².